The zero-order valence-corrected chi connectivity index (χ0v) is 18.4. The van der Waals surface area contributed by atoms with Crippen molar-refractivity contribution in [2.45, 2.75) is 52.1 Å². The number of aromatic nitrogens is 1. The quantitative estimate of drug-likeness (QED) is 0.700. The van der Waals surface area contributed by atoms with E-state index < -0.39 is 11.6 Å². The third-order valence-corrected chi connectivity index (χ3v) is 6.71. The summed E-state index contributed by atoms with van der Waals surface area (Å²) in [6.07, 6.45) is 1.37. The number of carbonyl (C=O) groups excluding carboxylic acids is 3. The van der Waals surface area contributed by atoms with E-state index in [9.17, 15) is 14.4 Å². The van der Waals surface area contributed by atoms with Crippen molar-refractivity contribution in [3.05, 3.63) is 29.3 Å². The summed E-state index contributed by atoms with van der Waals surface area (Å²) in [4.78, 5) is 45.2. The topological polar surface area (TPSA) is 82.6 Å². The van der Waals surface area contributed by atoms with E-state index in [1.807, 2.05) is 31.2 Å². The zero-order valence-electron chi connectivity index (χ0n) is 17.6. The molecule has 2 heterocycles. The first-order valence-electron chi connectivity index (χ1n) is 9.87. The minimum absolute atomic E-state index is 0.256. The predicted molar refractivity (Wildman–Crippen MR) is 114 cm³/mol. The molecule has 0 radical (unpaired) electrons. The molecule has 1 aromatic carbocycles. The van der Waals surface area contributed by atoms with E-state index in [0.717, 1.165) is 26.5 Å². The van der Waals surface area contributed by atoms with Gasteiger partial charge >= 0.3 is 6.03 Å². The van der Waals surface area contributed by atoms with Crippen LogP contribution in [-0.4, -0.2) is 51.8 Å². The first-order valence-corrected chi connectivity index (χ1v) is 10.7. The van der Waals surface area contributed by atoms with E-state index in [1.165, 1.54) is 11.3 Å². The van der Waals surface area contributed by atoms with Crippen molar-refractivity contribution in [1.29, 1.82) is 0 Å². The smallest absolute Gasteiger partial charge is 0.325 e. The molecule has 0 aliphatic carbocycles. The molecule has 156 valence electrons. The summed E-state index contributed by atoms with van der Waals surface area (Å²) in [5.74, 6) is -0.209. The van der Waals surface area contributed by atoms with Crippen LogP contribution in [0.5, 0.6) is 0 Å². The Morgan fingerprint density at radius 3 is 2.62 bits per heavy atom. The molecule has 3 rings (SSSR count). The highest BCUT2D eigenvalue weighted by atomic mass is 32.1. The van der Waals surface area contributed by atoms with Crippen molar-refractivity contribution in [2.24, 2.45) is 5.92 Å². The summed E-state index contributed by atoms with van der Waals surface area (Å²) < 4.78 is 1.06. The Labute approximate surface area is 175 Å². The third kappa shape index (κ3) is 4.27. The lowest BCUT2D eigenvalue weighted by molar-refractivity contribution is -0.139. The molecule has 2 atom stereocenters. The summed E-state index contributed by atoms with van der Waals surface area (Å²) in [5, 5.41) is 3.59. The molecule has 0 unspecified atom stereocenters. The van der Waals surface area contributed by atoms with Crippen molar-refractivity contribution in [2.75, 3.05) is 13.6 Å². The SMILES string of the molecule is CC(C)CC[C@@]1(C)NC(=O)N(CC(=O)N(C)[C@H](C)c2nc3ccccc3s2)C1=O. The Morgan fingerprint density at radius 2 is 1.97 bits per heavy atom. The van der Waals surface area contributed by atoms with Gasteiger partial charge in [0.15, 0.2) is 0 Å². The fraction of sp³-hybridized carbons (Fsp3) is 0.524. The number of nitrogens with one attached hydrogen (secondary N) is 1. The Balaban J connectivity index is 1.68. The van der Waals surface area contributed by atoms with E-state index in [1.54, 1.807) is 18.9 Å². The lowest BCUT2D eigenvalue weighted by Gasteiger charge is -2.26. The van der Waals surface area contributed by atoms with E-state index in [2.05, 4.69) is 24.1 Å². The average molecular weight is 417 g/mol. The van der Waals surface area contributed by atoms with E-state index in [-0.39, 0.29) is 24.4 Å². The van der Waals surface area contributed by atoms with Crippen LogP contribution >= 0.6 is 11.3 Å². The number of para-hydroxylation sites is 1. The van der Waals surface area contributed by atoms with E-state index >= 15 is 0 Å². The van der Waals surface area contributed by atoms with Gasteiger partial charge in [0.25, 0.3) is 5.91 Å². The second kappa shape index (κ2) is 8.10. The number of benzene rings is 1. The van der Waals surface area contributed by atoms with Crippen LogP contribution in [0.25, 0.3) is 10.2 Å². The monoisotopic (exact) mass is 416 g/mol. The number of likely N-dealkylation sites (N-methyl/N-ethyl adjacent to an activating group) is 1. The summed E-state index contributed by atoms with van der Waals surface area (Å²) in [6.45, 7) is 7.50. The highest BCUT2D eigenvalue weighted by molar-refractivity contribution is 7.18. The largest absolute Gasteiger partial charge is 0.335 e. The van der Waals surface area contributed by atoms with Gasteiger partial charge in [-0.15, -0.1) is 11.3 Å². The van der Waals surface area contributed by atoms with Gasteiger partial charge in [0, 0.05) is 7.05 Å². The molecular weight excluding hydrogens is 388 g/mol. The molecule has 1 saturated heterocycles. The van der Waals surface area contributed by atoms with Crippen LogP contribution in [0.1, 0.15) is 51.6 Å². The maximum Gasteiger partial charge on any atom is 0.325 e. The van der Waals surface area contributed by atoms with Crippen LogP contribution in [0.4, 0.5) is 4.79 Å². The normalized spacial score (nSPS) is 20.4. The number of hydrogen-bond acceptors (Lipinski definition) is 5. The van der Waals surface area contributed by atoms with Gasteiger partial charge in [0.2, 0.25) is 5.91 Å². The second-order valence-electron chi connectivity index (χ2n) is 8.29. The third-order valence-electron chi connectivity index (χ3n) is 5.50. The lowest BCUT2D eigenvalue weighted by atomic mass is 9.92. The van der Waals surface area contributed by atoms with Crippen LogP contribution < -0.4 is 5.32 Å². The van der Waals surface area contributed by atoms with Crippen molar-refractivity contribution < 1.29 is 14.4 Å². The van der Waals surface area contributed by atoms with Gasteiger partial charge in [-0.3, -0.25) is 14.5 Å². The van der Waals surface area contributed by atoms with Gasteiger partial charge in [-0.25, -0.2) is 9.78 Å². The fourth-order valence-corrected chi connectivity index (χ4v) is 4.40. The lowest BCUT2D eigenvalue weighted by Crippen LogP contribution is -2.45. The van der Waals surface area contributed by atoms with Gasteiger partial charge in [0.05, 0.1) is 16.3 Å². The van der Waals surface area contributed by atoms with Gasteiger partial charge in [-0.1, -0.05) is 26.0 Å². The molecule has 8 heteroatoms. The van der Waals surface area contributed by atoms with E-state index in [0.29, 0.717) is 12.3 Å². The Kier molecular flexibility index (Phi) is 5.93. The Bertz CT molecular complexity index is 908. The first kappa shape index (κ1) is 21.2. The van der Waals surface area contributed by atoms with Crippen LogP contribution in [0, 0.1) is 5.92 Å². The average Bonchev–Trinajstić information content (AvgIpc) is 3.20. The molecule has 1 aliphatic rings. The highest BCUT2D eigenvalue weighted by Gasteiger charge is 2.48. The molecule has 0 saturated carbocycles. The van der Waals surface area contributed by atoms with E-state index in [4.69, 9.17) is 0 Å². The van der Waals surface area contributed by atoms with Crippen LogP contribution in [0.15, 0.2) is 24.3 Å². The van der Waals surface area contributed by atoms with Crippen molar-refractivity contribution >= 4 is 39.4 Å². The number of rotatable bonds is 7. The molecule has 1 N–H and O–H groups in total. The minimum Gasteiger partial charge on any atom is -0.335 e. The van der Waals surface area contributed by atoms with Crippen molar-refractivity contribution in [3.63, 3.8) is 0 Å². The van der Waals surface area contributed by atoms with Gasteiger partial charge in [-0.2, -0.15) is 0 Å². The van der Waals surface area contributed by atoms with Gasteiger partial charge < -0.3 is 10.2 Å². The molecule has 2 aromatic rings. The maximum absolute atomic E-state index is 12.8. The molecule has 0 bridgehead atoms. The fourth-order valence-electron chi connectivity index (χ4n) is 3.33. The molecule has 7 nitrogen and oxygen atoms in total. The number of amides is 4. The summed E-state index contributed by atoms with van der Waals surface area (Å²) in [7, 11) is 1.68. The molecule has 1 aliphatic heterocycles. The number of carbonyl (C=O) groups is 3. The molecule has 29 heavy (non-hydrogen) atoms. The summed E-state index contributed by atoms with van der Waals surface area (Å²) in [5.41, 5.74) is -0.0472. The van der Waals surface area contributed by atoms with Crippen LogP contribution in [-0.2, 0) is 9.59 Å². The molecule has 1 fully saturated rings. The summed E-state index contributed by atoms with van der Waals surface area (Å²) in [6, 6.07) is 7.06. The van der Waals surface area contributed by atoms with Crippen molar-refractivity contribution in [3.8, 4) is 0 Å². The molecular formula is C21H28N4O3S. The highest BCUT2D eigenvalue weighted by Crippen LogP contribution is 2.29. The number of nitrogens with zero attached hydrogens (tertiary/aromatic N) is 3. The molecule has 0 spiro atoms. The second-order valence-corrected chi connectivity index (χ2v) is 9.35. The minimum atomic E-state index is -0.946. The number of urea groups is 1. The number of thiazole rings is 1. The van der Waals surface area contributed by atoms with Crippen LogP contribution in [0.2, 0.25) is 0 Å². The first-order chi connectivity index (χ1) is 13.6. The number of imide groups is 1. The van der Waals surface area contributed by atoms with Gasteiger partial charge in [0.1, 0.15) is 17.1 Å². The molecule has 4 amide bonds. The van der Waals surface area contributed by atoms with Gasteiger partial charge in [-0.05, 0) is 44.7 Å². The van der Waals surface area contributed by atoms with Crippen LogP contribution in [0.3, 0.4) is 0 Å². The number of hydrogen-bond donors (Lipinski definition) is 1. The standard InChI is InChI=1S/C21H28N4O3S/c1-13(2)10-11-21(4)19(27)25(20(28)23-21)12-17(26)24(5)14(3)18-22-15-8-6-7-9-16(15)29-18/h6-9,13-14H,10-12H2,1-5H3,(H,23,28)/t14-,21-/m1/s1. The maximum atomic E-state index is 12.8. The Hall–Kier alpha value is -2.48. The summed E-state index contributed by atoms with van der Waals surface area (Å²) >= 11 is 1.54. The zero-order chi connectivity index (χ0) is 21.3. The van der Waals surface area contributed by atoms with Crippen molar-refractivity contribution in [1.82, 2.24) is 20.1 Å². The Morgan fingerprint density at radius 1 is 1.28 bits per heavy atom. The predicted octanol–water partition coefficient (Wildman–Crippen LogP) is 3.56. The number of fused-ring (bicyclic) bond motifs is 1. The molecule has 1 aromatic heterocycles.